The van der Waals surface area contributed by atoms with Gasteiger partial charge < -0.3 is 78.5 Å². The number of carboxylic acid groups (broad SMARTS) is 3. The number of carboxylic acids is 3. The molecule has 27 nitrogen and oxygen atoms in total. The molecule has 0 fully saturated rings. The van der Waals surface area contributed by atoms with Crippen molar-refractivity contribution in [3.05, 3.63) is 0 Å². The van der Waals surface area contributed by atoms with E-state index in [-0.39, 0.29) is 18.6 Å². The fourth-order valence-corrected chi connectivity index (χ4v) is 6.09. The van der Waals surface area contributed by atoms with Crippen molar-refractivity contribution in [1.82, 2.24) is 47.9 Å². The highest BCUT2D eigenvalue weighted by Crippen LogP contribution is 2.11. The smallest absolute Gasteiger partial charge is 0.326 e. The van der Waals surface area contributed by atoms with Crippen LogP contribution >= 0.6 is 11.8 Å². The number of carbonyl (C=O) groups excluding carboxylic acids is 9. The van der Waals surface area contributed by atoms with Crippen molar-refractivity contribution >= 4 is 82.8 Å². The van der Waals surface area contributed by atoms with Crippen molar-refractivity contribution in [3.63, 3.8) is 0 Å². The van der Waals surface area contributed by atoms with Crippen LogP contribution in [0.3, 0.4) is 0 Å². The maximum absolute atomic E-state index is 13.7. The van der Waals surface area contributed by atoms with E-state index in [2.05, 4.69) is 47.9 Å². The number of hydrogen-bond acceptors (Lipinski definition) is 16. The first-order valence-electron chi connectivity index (χ1n) is 20.5. The van der Waals surface area contributed by atoms with E-state index in [0.29, 0.717) is 0 Å². The predicted molar refractivity (Wildman–Crippen MR) is 229 cm³/mol. The highest BCUT2D eigenvalue weighted by Gasteiger charge is 2.36. The maximum Gasteiger partial charge on any atom is 0.326 e. The van der Waals surface area contributed by atoms with Gasteiger partial charge in [-0.05, 0) is 37.2 Å². The summed E-state index contributed by atoms with van der Waals surface area (Å²) in [6.07, 6.45) is -1.78. The molecule has 0 saturated heterocycles. The molecule has 0 spiro atoms. The first-order valence-corrected chi connectivity index (χ1v) is 21.9. The van der Waals surface area contributed by atoms with Crippen molar-refractivity contribution in [3.8, 4) is 0 Å². The topological polar surface area (TPSA) is 434 Å². The second kappa shape index (κ2) is 30.1. The van der Waals surface area contributed by atoms with Crippen molar-refractivity contribution in [2.75, 3.05) is 31.8 Å². The molecule has 0 aliphatic heterocycles. The van der Waals surface area contributed by atoms with Crippen LogP contribution in [0.25, 0.3) is 0 Å². The fourth-order valence-electron chi connectivity index (χ4n) is 5.62. The van der Waals surface area contributed by atoms with Crippen LogP contribution in [0.4, 0.5) is 0 Å². The van der Waals surface area contributed by atoms with Crippen LogP contribution in [0.1, 0.15) is 67.2 Å². The third kappa shape index (κ3) is 21.7. The number of amides is 9. The molecule has 0 unspecified atom stereocenters. The Kier molecular flexibility index (Phi) is 27.3. The number of aliphatic hydroxyl groups is 3. The molecule has 0 aliphatic rings. The Morgan fingerprint density at radius 2 is 0.970 bits per heavy atom. The zero-order valence-electron chi connectivity index (χ0n) is 37.5. The molecule has 10 atom stereocenters. The lowest BCUT2D eigenvalue weighted by molar-refractivity contribution is -0.147. The Morgan fingerprint density at radius 1 is 0.530 bits per heavy atom. The average Bonchev–Trinajstić information content (AvgIpc) is 3.23. The minimum atomic E-state index is -1.88. The number of hydrogen-bond donors (Lipinski definition) is 15. The van der Waals surface area contributed by atoms with Crippen LogP contribution in [-0.2, 0) is 57.5 Å². The Labute approximate surface area is 383 Å². The van der Waals surface area contributed by atoms with Gasteiger partial charge in [0.25, 0.3) is 0 Å². The molecule has 28 heteroatoms. The summed E-state index contributed by atoms with van der Waals surface area (Å²) < 4.78 is 0. The van der Waals surface area contributed by atoms with Crippen LogP contribution in [0.2, 0.25) is 0 Å². The Hall–Kier alpha value is -6.13. The molecule has 15 N–H and O–H groups in total. The van der Waals surface area contributed by atoms with Gasteiger partial charge in [-0.1, -0.05) is 34.1 Å². The zero-order valence-corrected chi connectivity index (χ0v) is 38.3. The molecule has 0 saturated carbocycles. The standard InChI is InChI=1S/C38H63N9O18S/c1-8-17(4)29(46-34(60)24(15-49)41-25(52)13-39-35(61)30(18(5)50)47-33(59)23(14-48)40-19(6)51)37(63)43-21(11-26(53)54)32(58)42-20(9-10-66-7)31(57)45-28(16(2)3)36(62)44-22(38(64)65)12-27(55)56/h16-18,20-24,28-30,48-50H,8-15H2,1-7H3,(H,39,61)(H,40,51)(H,41,52)(H,42,58)(H,43,63)(H,44,62)(H,45,57)(H,46,60)(H,47,59)(H,53,54)(H,55,56)(H,64,65)/t17-,18+,20-,21-,22-,23-,24-,28-,29-,30-/m0/s1. The number of rotatable bonds is 31. The van der Waals surface area contributed by atoms with Crippen LogP contribution in [0, 0.1) is 11.8 Å². The van der Waals surface area contributed by atoms with Crippen molar-refractivity contribution in [2.24, 2.45) is 11.8 Å². The van der Waals surface area contributed by atoms with E-state index >= 15 is 0 Å². The summed E-state index contributed by atoms with van der Waals surface area (Å²) in [5.74, 6) is -15.3. The van der Waals surface area contributed by atoms with Gasteiger partial charge in [-0.3, -0.25) is 52.7 Å². The van der Waals surface area contributed by atoms with Gasteiger partial charge in [0.05, 0.1) is 38.7 Å². The molecule has 0 aromatic rings. The fraction of sp³-hybridized carbons (Fsp3) is 0.684. The molecule has 9 amide bonds. The summed E-state index contributed by atoms with van der Waals surface area (Å²) in [6, 6.07) is -13.1. The monoisotopic (exact) mass is 965 g/mol. The van der Waals surface area contributed by atoms with Crippen LogP contribution in [0.5, 0.6) is 0 Å². The van der Waals surface area contributed by atoms with E-state index in [1.807, 2.05) is 0 Å². The highest BCUT2D eigenvalue weighted by atomic mass is 32.2. The van der Waals surface area contributed by atoms with Crippen molar-refractivity contribution in [1.29, 1.82) is 0 Å². The summed E-state index contributed by atoms with van der Waals surface area (Å²) in [4.78, 5) is 151. The van der Waals surface area contributed by atoms with E-state index in [1.165, 1.54) is 32.5 Å². The van der Waals surface area contributed by atoms with E-state index in [1.54, 1.807) is 13.2 Å². The van der Waals surface area contributed by atoms with E-state index in [4.69, 9.17) is 5.11 Å². The highest BCUT2D eigenvalue weighted by molar-refractivity contribution is 7.98. The van der Waals surface area contributed by atoms with Crippen molar-refractivity contribution < 1.29 is 88.2 Å². The third-order valence-electron chi connectivity index (χ3n) is 9.49. The second-order valence-electron chi connectivity index (χ2n) is 15.3. The number of nitrogens with one attached hydrogen (secondary N) is 9. The van der Waals surface area contributed by atoms with Gasteiger partial charge in [-0.25, -0.2) is 4.79 Å². The quantitative estimate of drug-likeness (QED) is 0.0307. The van der Waals surface area contributed by atoms with Gasteiger partial charge in [-0.15, -0.1) is 0 Å². The van der Waals surface area contributed by atoms with E-state index < -0.39 is 170 Å². The minimum Gasteiger partial charge on any atom is -0.481 e. The lowest BCUT2D eigenvalue weighted by Crippen LogP contribution is -2.61. The number of aliphatic hydroxyl groups excluding tert-OH is 3. The minimum absolute atomic E-state index is 0.0954. The predicted octanol–water partition coefficient (Wildman–Crippen LogP) is -6.14. The Morgan fingerprint density at radius 3 is 1.42 bits per heavy atom. The summed E-state index contributed by atoms with van der Waals surface area (Å²) in [7, 11) is 0. The zero-order chi connectivity index (χ0) is 51.0. The molecule has 0 aromatic heterocycles. The van der Waals surface area contributed by atoms with Gasteiger partial charge >= 0.3 is 17.9 Å². The largest absolute Gasteiger partial charge is 0.481 e. The van der Waals surface area contributed by atoms with Crippen molar-refractivity contribution in [2.45, 2.75) is 122 Å². The molecule has 66 heavy (non-hydrogen) atoms. The number of carbonyl (C=O) groups is 12. The lowest BCUT2D eigenvalue weighted by Gasteiger charge is -2.29. The molecule has 0 heterocycles. The van der Waals surface area contributed by atoms with Gasteiger partial charge in [0.15, 0.2) is 0 Å². The molecule has 374 valence electrons. The number of aliphatic carboxylic acids is 3. The first-order chi connectivity index (χ1) is 30.7. The molecule has 0 radical (unpaired) electrons. The number of thioether (sulfide) groups is 1. The SMILES string of the molecule is CC[C@H](C)[C@H](NC(=O)[C@H](CO)NC(=O)CNC(=O)[C@@H](NC(=O)[C@H](CO)NC(C)=O)[C@@H](C)O)C(=O)N[C@@H](CC(=O)O)C(=O)N[C@@H](CCSC)C(=O)N[C@H](C(=O)N[C@@H](CC(=O)O)C(=O)O)C(C)C. The molecule has 0 rings (SSSR count). The third-order valence-corrected chi connectivity index (χ3v) is 10.1. The first kappa shape index (κ1) is 59.9. The molecular formula is C38H63N9O18S. The molecule has 0 bridgehead atoms. The van der Waals surface area contributed by atoms with Crippen LogP contribution < -0.4 is 47.9 Å². The lowest BCUT2D eigenvalue weighted by atomic mass is 9.97. The normalized spacial score (nSPS) is 15.5. The average molecular weight is 966 g/mol. The second-order valence-corrected chi connectivity index (χ2v) is 16.3. The van der Waals surface area contributed by atoms with Gasteiger partial charge in [-0.2, -0.15) is 11.8 Å². The summed E-state index contributed by atoms with van der Waals surface area (Å²) in [5, 5.41) is 77.4. The van der Waals surface area contributed by atoms with E-state index in [0.717, 1.165) is 13.8 Å². The van der Waals surface area contributed by atoms with Gasteiger partial charge in [0.2, 0.25) is 53.2 Å². The van der Waals surface area contributed by atoms with Crippen LogP contribution in [0.15, 0.2) is 0 Å². The Bertz CT molecular complexity index is 1750. The molecular weight excluding hydrogens is 903 g/mol. The van der Waals surface area contributed by atoms with Gasteiger partial charge in [0.1, 0.15) is 48.3 Å². The van der Waals surface area contributed by atoms with Crippen LogP contribution in [-0.4, -0.2) is 188 Å². The molecule has 0 aromatic carbocycles. The van der Waals surface area contributed by atoms with Gasteiger partial charge in [0, 0.05) is 6.92 Å². The summed E-state index contributed by atoms with van der Waals surface area (Å²) in [6.45, 7) is 5.50. The molecule has 0 aliphatic carbocycles. The summed E-state index contributed by atoms with van der Waals surface area (Å²) >= 11 is 1.25. The Balaban J connectivity index is 6.13. The van der Waals surface area contributed by atoms with E-state index in [9.17, 15) is 83.1 Å². The summed E-state index contributed by atoms with van der Waals surface area (Å²) in [5.41, 5.74) is 0. The maximum atomic E-state index is 13.7.